The first-order valence-corrected chi connectivity index (χ1v) is 11.2. The molecular formula is C21H25NO5S. The summed E-state index contributed by atoms with van der Waals surface area (Å²) in [4.78, 5) is 0.236. The molecule has 1 aliphatic carbocycles. The van der Waals surface area contributed by atoms with E-state index in [2.05, 4.69) is 4.72 Å². The third-order valence-electron chi connectivity index (χ3n) is 5.33. The number of ether oxygens (including phenoxy) is 3. The second-order valence-corrected chi connectivity index (χ2v) is 8.84. The van der Waals surface area contributed by atoms with E-state index >= 15 is 0 Å². The summed E-state index contributed by atoms with van der Waals surface area (Å²) in [6.45, 7) is 3.46. The van der Waals surface area contributed by atoms with Gasteiger partial charge in [0.05, 0.1) is 17.0 Å². The van der Waals surface area contributed by atoms with Crippen LogP contribution in [0.1, 0.15) is 38.2 Å². The van der Waals surface area contributed by atoms with Gasteiger partial charge in [-0.25, -0.2) is 13.1 Å². The second-order valence-electron chi connectivity index (χ2n) is 7.16. The Kier molecular flexibility index (Phi) is 5.21. The number of rotatable bonds is 6. The largest absolute Gasteiger partial charge is 0.494 e. The van der Waals surface area contributed by atoms with Crippen LogP contribution >= 0.6 is 0 Å². The van der Waals surface area contributed by atoms with Gasteiger partial charge in [-0.2, -0.15) is 0 Å². The molecule has 0 spiro atoms. The molecule has 0 bridgehead atoms. The molecule has 28 heavy (non-hydrogen) atoms. The lowest BCUT2D eigenvalue weighted by Crippen LogP contribution is -2.43. The van der Waals surface area contributed by atoms with Gasteiger partial charge in [0.15, 0.2) is 11.5 Å². The van der Waals surface area contributed by atoms with Crippen molar-refractivity contribution in [2.24, 2.45) is 0 Å². The molecular weight excluding hydrogens is 378 g/mol. The predicted molar refractivity (Wildman–Crippen MR) is 106 cm³/mol. The van der Waals surface area contributed by atoms with E-state index in [1.807, 2.05) is 25.1 Å². The van der Waals surface area contributed by atoms with Crippen molar-refractivity contribution >= 4 is 10.0 Å². The summed E-state index contributed by atoms with van der Waals surface area (Å²) in [6.07, 6.45) is 3.45. The Labute approximate surface area is 165 Å². The Bertz CT molecular complexity index is 934. The van der Waals surface area contributed by atoms with Crippen LogP contribution in [0.15, 0.2) is 47.4 Å². The molecule has 150 valence electrons. The van der Waals surface area contributed by atoms with Crippen LogP contribution in [0, 0.1) is 0 Å². The fraction of sp³-hybridized carbons (Fsp3) is 0.429. The van der Waals surface area contributed by atoms with E-state index < -0.39 is 15.6 Å². The maximum atomic E-state index is 13.1. The number of fused-ring (bicyclic) bond motifs is 1. The number of hydrogen-bond acceptors (Lipinski definition) is 5. The van der Waals surface area contributed by atoms with Crippen molar-refractivity contribution in [2.75, 3.05) is 19.8 Å². The quantitative estimate of drug-likeness (QED) is 0.798. The summed E-state index contributed by atoms with van der Waals surface area (Å²) in [5, 5.41) is 0. The van der Waals surface area contributed by atoms with Crippen LogP contribution in [0.4, 0.5) is 0 Å². The minimum absolute atomic E-state index is 0.236. The van der Waals surface area contributed by atoms with Crippen LogP contribution in [0.25, 0.3) is 0 Å². The number of nitrogens with one attached hydrogen (secondary N) is 1. The van der Waals surface area contributed by atoms with E-state index in [0.29, 0.717) is 37.1 Å². The van der Waals surface area contributed by atoms with Gasteiger partial charge in [-0.3, -0.25) is 0 Å². The molecule has 0 atom stereocenters. The number of benzene rings is 2. The molecule has 1 aliphatic heterocycles. The van der Waals surface area contributed by atoms with E-state index in [4.69, 9.17) is 14.2 Å². The Morgan fingerprint density at radius 1 is 1.00 bits per heavy atom. The van der Waals surface area contributed by atoms with Crippen LogP contribution in [-0.2, 0) is 15.6 Å². The zero-order chi connectivity index (χ0) is 19.6. The number of hydrogen-bond donors (Lipinski definition) is 1. The van der Waals surface area contributed by atoms with Crippen LogP contribution in [0.2, 0.25) is 0 Å². The zero-order valence-corrected chi connectivity index (χ0v) is 16.8. The Balaban J connectivity index is 1.64. The zero-order valence-electron chi connectivity index (χ0n) is 15.9. The van der Waals surface area contributed by atoms with Crippen molar-refractivity contribution in [1.82, 2.24) is 4.72 Å². The minimum Gasteiger partial charge on any atom is -0.494 e. The highest BCUT2D eigenvalue weighted by atomic mass is 32.2. The van der Waals surface area contributed by atoms with Crippen molar-refractivity contribution in [3.63, 3.8) is 0 Å². The molecule has 1 N–H and O–H groups in total. The fourth-order valence-corrected chi connectivity index (χ4v) is 5.42. The lowest BCUT2D eigenvalue weighted by molar-refractivity contribution is 0.171. The highest BCUT2D eigenvalue weighted by Crippen LogP contribution is 2.43. The molecule has 0 amide bonds. The van der Waals surface area contributed by atoms with Crippen molar-refractivity contribution in [2.45, 2.75) is 43.0 Å². The maximum absolute atomic E-state index is 13.1. The highest BCUT2D eigenvalue weighted by molar-refractivity contribution is 7.89. The van der Waals surface area contributed by atoms with Gasteiger partial charge in [0.1, 0.15) is 19.0 Å². The van der Waals surface area contributed by atoms with Gasteiger partial charge in [0.2, 0.25) is 10.0 Å². The fourth-order valence-electron chi connectivity index (χ4n) is 3.97. The molecule has 1 heterocycles. The second kappa shape index (κ2) is 7.64. The van der Waals surface area contributed by atoms with Gasteiger partial charge in [-0.15, -0.1) is 0 Å². The molecule has 2 aromatic carbocycles. The normalized spacial score (nSPS) is 18.0. The molecule has 2 aromatic rings. The first-order chi connectivity index (χ1) is 13.5. The molecule has 0 radical (unpaired) electrons. The van der Waals surface area contributed by atoms with E-state index in [9.17, 15) is 8.42 Å². The Morgan fingerprint density at radius 2 is 1.68 bits per heavy atom. The first-order valence-electron chi connectivity index (χ1n) is 9.69. The molecule has 1 fully saturated rings. The lowest BCUT2D eigenvalue weighted by atomic mass is 9.89. The smallest absolute Gasteiger partial charge is 0.241 e. The van der Waals surface area contributed by atoms with E-state index in [1.54, 1.807) is 24.3 Å². The van der Waals surface area contributed by atoms with Gasteiger partial charge in [-0.1, -0.05) is 18.9 Å². The molecule has 0 unspecified atom stereocenters. The van der Waals surface area contributed by atoms with Crippen LogP contribution in [0.3, 0.4) is 0 Å². The summed E-state index contributed by atoms with van der Waals surface area (Å²) in [6, 6.07) is 12.3. The van der Waals surface area contributed by atoms with Crippen LogP contribution in [-0.4, -0.2) is 28.2 Å². The van der Waals surface area contributed by atoms with Gasteiger partial charge in [0, 0.05) is 0 Å². The average molecular weight is 404 g/mol. The molecule has 1 saturated carbocycles. The molecule has 7 heteroatoms. The Hall–Kier alpha value is -2.25. The summed E-state index contributed by atoms with van der Waals surface area (Å²) < 4.78 is 45.9. The van der Waals surface area contributed by atoms with Gasteiger partial charge in [-0.05, 0) is 61.7 Å². The topological polar surface area (TPSA) is 73.9 Å². The molecule has 4 rings (SSSR count). The SMILES string of the molecule is CCOc1ccc(S(=O)(=O)NC2(c3ccc4c(c3)OCCO4)CCCC2)cc1. The van der Waals surface area contributed by atoms with Gasteiger partial charge >= 0.3 is 0 Å². The van der Waals surface area contributed by atoms with Crippen molar-refractivity contribution in [1.29, 1.82) is 0 Å². The van der Waals surface area contributed by atoms with Gasteiger partial charge < -0.3 is 14.2 Å². The highest BCUT2D eigenvalue weighted by Gasteiger charge is 2.40. The summed E-state index contributed by atoms with van der Waals surface area (Å²) >= 11 is 0. The molecule has 0 aromatic heterocycles. The third kappa shape index (κ3) is 3.69. The van der Waals surface area contributed by atoms with Crippen molar-refractivity contribution < 1.29 is 22.6 Å². The Morgan fingerprint density at radius 3 is 2.36 bits per heavy atom. The molecule has 0 saturated heterocycles. The van der Waals surface area contributed by atoms with E-state index in [0.717, 1.165) is 31.2 Å². The lowest BCUT2D eigenvalue weighted by Gasteiger charge is -2.32. The van der Waals surface area contributed by atoms with Crippen molar-refractivity contribution in [3.8, 4) is 17.2 Å². The van der Waals surface area contributed by atoms with E-state index in [1.165, 1.54) is 0 Å². The minimum atomic E-state index is -3.68. The summed E-state index contributed by atoms with van der Waals surface area (Å²) in [7, 11) is -3.68. The molecule has 2 aliphatic rings. The standard InChI is InChI=1S/C21H25NO5S/c1-2-25-17-6-8-18(9-7-17)28(23,24)22-21(11-3-4-12-21)16-5-10-19-20(15-16)27-14-13-26-19/h5-10,15,22H,2-4,11-14H2,1H3. The average Bonchev–Trinajstić information content (AvgIpc) is 3.17. The summed E-state index contributed by atoms with van der Waals surface area (Å²) in [5.41, 5.74) is 0.288. The maximum Gasteiger partial charge on any atom is 0.241 e. The summed E-state index contributed by atoms with van der Waals surface area (Å²) in [5.74, 6) is 2.04. The van der Waals surface area contributed by atoms with Crippen LogP contribution in [0.5, 0.6) is 17.2 Å². The van der Waals surface area contributed by atoms with Gasteiger partial charge in [0.25, 0.3) is 0 Å². The number of sulfonamides is 1. The molecule has 6 nitrogen and oxygen atoms in total. The van der Waals surface area contributed by atoms with E-state index in [-0.39, 0.29) is 4.90 Å². The monoisotopic (exact) mass is 403 g/mol. The third-order valence-corrected chi connectivity index (χ3v) is 6.88. The van der Waals surface area contributed by atoms with Crippen molar-refractivity contribution in [3.05, 3.63) is 48.0 Å². The predicted octanol–water partition coefficient (Wildman–Crippen LogP) is 3.60. The first kappa shape index (κ1) is 19.1. The van der Waals surface area contributed by atoms with Crippen LogP contribution < -0.4 is 18.9 Å².